The van der Waals surface area contributed by atoms with Gasteiger partial charge in [-0.25, -0.2) is 9.79 Å². The Morgan fingerprint density at radius 3 is 2.42 bits per heavy atom. The maximum Gasteiger partial charge on any atom is 0.338 e. The van der Waals surface area contributed by atoms with E-state index >= 15 is 0 Å². The van der Waals surface area contributed by atoms with Gasteiger partial charge in [-0.15, -0.1) is 0 Å². The van der Waals surface area contributed by atoms with E-state index in [1.807, 2.05) is 55.4 Å². The fourth-order valence-electron chi connectivity index (χ4n) is 4.16. The van der Waals surface area contributed by atoms with E-state index in [9.17, 15) is 9.59 Å². The molecule has 1 atom stereocenters. The number of allylic oxidation sites excluding steroid dienone is 1. The van der Waals surface area contributed by atoms with Crippen molar-refractivity contribution in [3.8, 4) is 11.5 Å². The molecule has 8 nitrogen and oxygen atoms in total. The number of hydrogen-bond acceptors (Lipinski definition) is 8. The van der Waals surface area contributed by atoms with Gasteiger partial charge in [0.2, 0.25) is 0 Å². The molecule has 0 saturated carbocycles. The summed E-state index contributed by atoms with van der Waals surface area (Å²) in [5, 5.41) is 0. The van der Waals surface area contributed by atoms with Gasteiger partial charge in [-0.2, -0.15) is 0 Å². The Morgan fingerprint density at radius 2 is 1.81 bits per heavy atom. The number of carbonyl (C=O) groups is 1. The van der Waals surface area contributed by atoms with Crippen LogP contribution in [0.4, 0.5) is 5.69 Å². The van der Waals surface area contributed by atoms with E-state index in [0.717, 1.165) is 16.8 Å². The third kappa shape index (κ3) is 4.66. The van der Waals surface area contributed by atoms with Crippen LogP contribution in [-0.4, -0.2) is 45.5 Å². The number of methoxy groups -OCH3 is 2. The van der Waals surface area contributed by atoms with Crippen LogP contribution in [0.15, 0.2) is 63.5 Å². The van der Waals surface area contributed by atoms with Gasteiger partial charge in [-0.05, 0) is 55.3 Å². The first-order chi connectivity index (χ1) is 17.3. The molecule has 188 valence electrons. The van der Waals surface area contributed by atoms with Crippen LogP contribution in [0.5, 0.6) is 11.5 Å². The highest BCUT2D eigenvalue weighted by Crippen LogP contribution is 2.32. The van der Waals surface area contributed by atoms with E-state index in [2.05, 4.69) is 4.99 Å². The van der Waals surface area contributed by atoms with Crippen molar-refractivity contribution in [2.75, 3.05) is 39.8 Å². The van der Waals surface area contributed by atoms with Crippen molar-refractivity contribution in [2.24, 2.45) is 4.99 Å². The topological polar surface area (TPSA) is 82.4 Å². The van der Waals surface area contributed by atoms with Crippen molar-refractivity contribution < 1.29 is 19.0 Å². The molecular weight excluding hydrogens is 478 g/mol. The van der Waals surface area contributed by atoms with Crippen LogP contribution in [-0.2, 0) is 9.53 Å². The van der Waals surface area contributed by atoms with E-state index in [-0.39, 0.29) is 12.2 Å². The number of ether oxygens (including phenoxy) is 3. The van der Waals surface area contributed by atoms with Gasteiger partial charge in [-0.1, -0.05) is 29.5 Å². The molecule has 4 rings (SSSR count). The molecule has 0 unspecified atom stereocenters. The minimum absolute atomic E-state index is 0.228. The summed E-state index contributed by atoms with van der Waals surface area (Å²) in [7, 11) is 7.06. The van der Waals surface area contributed by atoms with E-state index in [1.165, 1.54) is 11.3 Å². The third-order valence-electron chi connectivity index (χ3n) is 5.95. The molecule has 2 heterocycles. The number of nitrogens with zero attached hydrogens (tertiary/aromatic N) is 3. The summed E-state index contributed by atoms with van der Waals surface area (Å²) in [6, 6.07) is 12.6. The van der Waals surface area contributed by atoms with Gasteiger partial charge in [0.25, 0.3) is 5.56 Å². The molecule has 1 aliphatic rings. The van der Waals surface area contributed by atoms with Crippen LogP contribution in [0.3, 0.4) is 0 Å². The summed E-state index contributed by atoms with van der Waals surface area (Å²) >= 11 is 1.28. The Morgan fingerprint density at radius 1 is 1.11 bits per heavy atom. The Kier molecular flexibility index (Phi) is 7.30. The quantitative estimate of drug-likeness (QED) is 0.458. The number of hydrogen-bond donors (Lipinski definition) is 0. The van der Waals surface area contributed by atoms with Crippen molar-refractivity contribution in [2.45, 2.75) is 19.9 Å². The summed E-state index contributed by atoms with van der Waals surface area (Å²) in [6.07, 6.45) is 1.79. The zero-order valence-corrected chi connectivity index (χ0v) is 22.0. The lowest BCUT2D eigenvalue weighted by Gasteiger charge is -2.25. The van der Waals surface area contributed by atoms with Crippen molar-refractivity contribution in [3.05, 3.63) is 84.5 Å². The Hall–Kier alpha value is -3.85. The number of aromatic nitrogens is 1. The lowest BCUT2D eigenvalue weighted by atomic mass is 9.95. The monoisotopic (exact) mass is 507 g/mol. The summed E-state index contributed by atoms with van der Waals surface area (Å²) in [5.74, 6) is 0.694. The molecule has 36 heavy (non-hydrogen) atoms. The molecule has 9 heteroatoms. The summed E-state index contributed by atoms with van der Waals surface area (Å²) in [6.45, 7) is 3.76. The van der Waals surface area contributed by atoms with Gasteiger partial charge >= 0.3 is 5.97 Å². The first-order valence-corrected chi connectivity index (χ1v) is 12.3. The fourth-order valence-corrected chi connectivity index (χ4v) is 5.20. The number of fused-ring (bicyclic) bond motifs is 1. The zero-order chi connectivity index (χ0) is 26.0. The van der Waals surface area contributed by atoms with E-state index in [1.54, 1.807) is 44.8 Å². The molecule has 1 aliphatic heterocycles. The van der Waals surface area contributed by atoms with Crippen molar-refractivity contribution in [1.82, 2.24) is 4.57 Å². The van der Waals surface area contributed by atoms with Crippen LogP contribution < -0.4 is 29.3 Å². The second-order valence-electron chi connectivity index (χ2n) is 8.40. The SMILES string of the molecule is CCOC(=O)C1=C(C)N=c2s/c(=C\c3ccc(OC)c(OC)c3)c(=O)n2[C@H]1c1ccc(N(C)C)cc1. The molecule has 1 aromatic heterocycles. The van der Waals surface area contributed by atoms with E-state index in [0.29, 0.717) is 32.1 Å². The Bertz CT molecular complexity index is 1500. The number of esters is 1. The molecule has 0 saturated heterocycles. The lowest BCUT2D eigenvalue weighted by Crippen LogP contribution is -2.39. The Labute approximate surface area is 213 Å². The highest BCUT2D eigenvalue weighted by atomic mass is 32.1. The predicted octanol–water partition coefficient (Wildman–Crippen LogP) is 2.88. The van der Waals surface area contributed by atoms with E-state index in [4.69, 9.17) is 14.2 Å². The van der Waals surface area contributed by atoms with Crippen LogP contribution in [0.1, 0.15) is 31.0 Å². The zero-order valence-electron chi connectivity index (χ0n) is 21.2. The molecule has 0 N–H and O–H groups in total. The summed E-state index contributed by atoms with van der Waals surface area (Å²) < 4.78 is 18.2. The summed E-state index contributed by atoms with van der Waals surface area (Å²) in [4.78, 5) is 33.9. The maximum atomic E-state index is 13.7. The largest absolute Gasteiger partial charge is 0.493 e. The average molecular weight is 508 g/mol. The molecule has 0 aliphatic carbocycles. The van der Waals surface area contributed by atoms with Gasteiger partial charge in [0.15, 0.2) is 16.3 Å². The van der Waals surface area contributed by atoms with Crippen LogP contribution in [0.25, 0.3) is 6.08 Å². The first kappa shape index (κ1) is 25.2. The lowest BCUT2D eigenvalue weighted by molar-refractivity contribution is -0.139. The molecule has 0 radical (unpaired) electrons. The summed E-state index contributed by atoms with van der Waals surface area (Å²) in [5.41, 5.74) is 3.26. The number of rotatable bonds is 7. The van der Waals surface area contributed by atoms with Crippen LogP contribution >= 0.6 is 11.3 Å². The molecular formula is C27H29N3O5S. The standard InChI is InChI=1S/C27H29N3O5S/c1-7-35-26(32)23-16(2)28-27-30(24(23)18-9-11-19(12-10-18)29(3)4)25(31)22(36-27)15-17-8-13-20(33-5)21(14-17)34-6/h8-15,24H,7H2,1-6H3/b22-15-/t24-/m0/s1. The van der Waals surface area contributed by atoms with Crippen molar-refractivity contribution >= 4 is 29.1 Å². The Balaban J connectivity index is 1.91. The normalized spacial score (nSPS) is 15.3. The maximum absolute atomic E-state index is 13.7. The number of carbonyl (C=O) groups excluding carboxylic acids is 1. The minimum atomic E-state index is -0.649. The third-order valence-corrected chi connectivity index (χ3v) is 6.93. The average Bonchev–Trinajstić information content (AvgIpc) is 3.17. The van der Waals surface area contributed by atoms with Crippen molar-refractivity contribution in [3.63, 3.8) is 0 Å². The minimum Gasteiger partial charge on any atom is -0.493 e. The van der Waals surface area contributed by atoms with Gasteiger partial charge in [0, 0.05) is 19.8 Å². The molecule has 3 aromatic rings. The number of thiazole rings is 1. The van der Waals surface area contributed by atoms with Crippen LogP contribution in [0, 0.1) is 0 Å². The molecule has 0 bridgehead atoms. The highest BCUT2D eigenvalue weighted by molar-refractivity contribution is 7.07. The number of anilines is 1. The second-order valence-corrected chi connectivity index (χ2v) is 9.41. The van der Waals surface area contributed by atoms with Gasteiger partial charge < -0.3 is 19.1 Å². The molecule has 0 spiro atoms. The van der Waals surface area contributed by atoms with Crippen LogP contribution in [0.2, 0.25) is 0 Å². The van der Waals surface area contributed by atoms with Gasteiger partial charge in [-0.3, -0.25) is 9.36 Å². The fraction of sp³-hybridized carbons (Fsp3) is 0.296. The molecule has 0 amide bonds. The van der Waals surface area contributed by atoms with E-state index < -0.39 is 12.0 Å². The predicted molar refractivity (Wildman–Crippen MR) is 141 cm³/mol. The second kappa shape index (κ2) is 10.4. The smallest absolute Gasteiger partial charge is 0.338 e. The molecule has 2 aromatic carbocycles. The number of benzene rings is 2. The molecule has 0 fully saturated rings. The van der Waals surface area contributed by atoms with Crippen molar-refractivity contribution in [1.29, 1.82) is 0 Å². The van der Waals surface area contributed by atoms with Gasteiger partial charge in [0.05, 0.1) is 42.7 Å². The first-order valence-electron chi connectivity index (χ1n) is 11.5. The highest BCUT2D eigenvalue weighted by Gasteiger charge is 2.33. The van der Waals surface area contributed by atoms with Gasteiger partial charge in [0.1, 0.15) is 0 Å².